The average molecular weight is 286 g/mol. The number of urea groups is 1. The van der Waals surface area contributed by atoms with E-state index in [9.17, 15) is 27.6 Å². The highest BCUT2D eigenvalue weighted by molar-refractivity contribution is 5.84. The van der Waals surface area contributed by atoms with E-state index in [4.69, 9.17) is 10.2 Å². The van der Waals surface area contributed by atoms with Crippen molar-refractivity contribution in [3.8, 4) is 0 Å². The maximum atomic E-state index is 11.8. The molecule has 0 fully saturated rings. The number of carbonyl (C=O) groups excluding carboxylic acids is 1. The summed E-state index contributed by atoms with van der Waals surface area (Å²) in [6.45, 7) is -2.02. The van der Waals surface area contributed by atoms with Crippen LogP contribution in [0.5, 0.6) is 0 Å². The molecule has 110 valence electrons. The number of hydrogen-bond donors (Lipinski definition) is 3. The molecular formula is C9H13F3N2O5. The first-order valence-corrected chi connectivity index (χ1v) is 5.15. The zero-order valence-electron chi connectivity index (χ0n) is 9.74. The molecule has 2 amide bonds. The van der Waals surface area contributed by atoms with Crippen molar-refractivity contribution in [2.75, 3.05) is 19.6 Å². The molecule has 3 N–H and O–H groups in total. The third kappa shape index (κ3) is 9.68. The highest BCUT2D eigenvalue weighted by Crippen LogP contribution is 2.20. The molecule has 0 aromatic carbocycles. The van der Waals surface area contributed by atoms with Crippen LogP contribution in [0.15, 0.2) is 0 Å². The van der Waals surface area contributed by atoms with Gasteiger partial charge in [-0.2, -0.15) is 13.2 Å². The van der Waals surface area contributed by atoms with E-state index in [1.807, 2.05) is 5.32 Å². The van der Waals surface area contributed by atoms with Crippen molar-refractivity contribution in [3.63, 3.8) is 0 Å². The van der Waals surface area contributed by atoms with Gasteiger partial charge >= 0.3 is 24.1 Å². The van der Waals surface area contributed by atoms with Gasteiger partial charge in [0.15, 0.2) is 0 Å². The zero-order chi connectivity index (χ0) is 15.1. The molecule has 0 radical (unpaired) electrons. The highest BCUT2D eigenvalue weighted by Gasteiger charge is 2.26. The van der Waals surface area contributed by atoms with Crippen molar-refractivity contribution < 1.29 is 37.8 Å². The van der Waals surface area contributed by atoms with Crippen LogP contribution in [0.4, 0.5) is 18.0 Å². The molecule has 0 aromatic rings. The van der Waals surface area contributed by atoms with E-state index in [1.54, 1.807) is 0 Å². The molecule has 10 heteroatoms. The van der Waals surface area contributed by atoms with Crippen molar-refractivity contribution >= 4 is 18.0 Å². The third-order valence-corrected chi connectivity index (χ3v) is 1.85. The summed E-state index contributed by atoms with van der Waals surface area (Å²) < 4.78 is 35.4. The topological polar surface area (TPSA) is 107 Å². The minimum atomic E-state index is -4.34. The Morgan fingerprint density at radius 1 is 1.05 bits per heavy atom. The van der Waals surface area contributed by atoms with Gasteiger partial charge in [-0.05, 0) is 6.42 Å². The van der Waals surface area contributed by atoms with Crippen LogP contribution in [0.25, 0.3) is 0 Å². The summed E-state index contributed by atoms with van der Waals surface area (Å²) >= 11 is 0. The summed E-state index contributed by atoms with van der Waals surface area (Å²) in [4.78, 5) is 32.6. The predicted octanol–water partition coefficient (Wildman–Crippen LogP) is 0.510. The molecule has 0 aliphatic carbocycles. The maximum Gasteiger partial charge on any atom is 0.389 e. The van der Waals surface area contributed by atoms with Gasteiger partial charge in [0.05, 0.1) is 0 Å². The first kappa shape index (κ1) is 17.0. The van der Waals surface area contributed by atoms with E-state index in [1.165, 1.54) is 0 Å². The van der Waals surface area contributed by atoms with Crippen LogP contribution in [0, 0.1) is 0 Å². The van der Waals surface area contributed by atoms with Crippen molar-refractivity contribution in [2.24, 2.45) is 0 Å². The maximum absolute atomic E-state index is 11.8. The average Bonchev–Trinajstić information content (AvgIpc) is 2.20. The van der Waals surface area contributed by atoms with E-state index in [2.05, 4.69) is 0 Å². The molecule has 7 nitrogen and oxygen atoms in total. The lowest BCUT2D eigenvalue weighted by atomic mass is 10.3. The lowest BCUT2D eigenvalue weighted by Gasteiger charge is -2.19. The Kier molecular flexibility index (Phi) is 6.66. The van der Waals surface area contributed by atoms with Crippen molar-refractivity contribution in [2.45, 2.75) is 19.0 Å². The van der Waals surface area contributed by atoms with Gasteiger partial charge < -0.3 is 20.4 Å². The molecule has 0 aliphatic heterocycles. The number of nitrogens with one attached hydrogen (secondary N) is 1. The second-order valence-electron chi connectivity index (χ2n) is 3.59. The first-order valence-electron chi connectivity index (χ1n) is 5.15. The molecule has 0 rings (SSSR count). The number of carboxylic acid groups (broad SMARTS) is 2. The Bertz CT molecular complexity index is 329. The van der Waals surface area contributed by atoms with E-state index >= 15 is 0 Å². The van der Waals surface area contributed by atoms with Crippen LogP contribution in [0.2, 0.25) is 0 Å². The van der Waals surface area contributed by atoms with E-state index in [0.717, 1.165) is 0 Å². The fourth-order valence-electron chi connectivity index (χ4n) is 1.12. The van der Waals surface area contributed by atoms with Gasteiger partial charge in [-0.15, -0.1) is 0 Å². The molecule has 0 heterocycles. The fourth-order valence-corrected chi connectivity index (χ4v) is 1.12. The first-order chi connectivity index (χ1) is 8.61. The Morgan fingerprint density at radius 3 is 1.89 bits per heavy atom. The van der Waals surface area contributed by atoms with Gasteiger partial charge in [-0.3, -0.25) is 9.59 Å². The lowest BCUT2D eigenvalue weighted by Crippen LogP contribution is -2.45. The molecule has 19 heavy (non-hydrogen) atoms. The monoisotopic (exact) mass is 286 g/mol. The van der Waals surface area contributed by atoms with Gasteiger partial charge in [0.2, 0.25) is 0 Å². The molecule has 0 atom stereocenters. The van der Waals surface area contributed by atoms with Gasteiger partial charge in [0.1, 0.15) is 13.1 Å². The van der Waals surface area contributed by atoms with Crippen LogP contribution in [-0.4, -0.2) is 58.9 Å². The smallest absolute Gasteiger partial charge is 0.389 e. The fraction of sp³-hybridized carbons (Fsp3) is 0.667. The van der Waals surface area contributed by atoms with Gasteiger partial charge in [0, 0.05) is 13.0 Å². The minimum absolute atomic E-state index is 0.325. The van der Waals surface area contributed by atoms with Crippen LogP contribution in [0.3, 0.4) is 0 Å². The lowest BCUT2D eigenvalue weighted by molar-refractivity contribution is -0.140. The highest BCUT2D eigenvalue weighted by atomic mass is 19.4. The normalized spacial score (nSPS) is 10.9. The number of alkyl halides is 3. The summed E-state index contributed by atoms with van der Waals surface area (Å²) in [7, 11) is 0. The molecule has 0 unspecified atom stereocenters. The summed E-state index contributed by atoms with van der Waals surface area (Å²) in [6, 6.07) is -1.04. The van der Waals surface area contributed by atoms with Crippen LogP contribution in [0.1, 0.15) is 12.8 Å². The zero-order valence-corrected chi connectivity index (χ0v) is 9.74. The predicted molar refractivity (Wildman–Crippen MR) is 55.5 cm³/mol. The van der Waals surface area contributed by atoms with Crippen LogP contribution < -0.4 is 5.32 Å². The molecule has 0 aromatic heterocycles. The largest absolute Gasteiger partial charge is 0.480 e. The van der Waals surface area contributed by atoms with E-state index in [-0.39, 0.29) is 13.0 Å². The quantitative estimate of drug-likeness (QED) is 0.591. The number of aliphatic carboxylic acids is 2. The Hall–Kier alpha value is -2.00. The van der Waals surface area contributed by atoms with Crippen molar-refractivity contribution in [1.29, 1.82) is 0 Å². The molecule has 0 spiro atoms. The standard InChI is InChI=1S/C9H13F3N2O5/c10-9(11,12)2-1-3-13-8(19)14(4-6(15)16)5-7(17)18/h1-5H2,(H,13,19)(H,15,16)(H,17,18). The minimum Gasteiger partial charge on any atom is -0.480 e. The molecule has 0 saturated heterocycles. The van der Waals surface area contributed by atoms with Crippen LogP contribution in [-0.2, 0) is 9.59 Å². The Labute approximate surface area is 106 Å². The third-order valence-electron chi connectivity index (χ3n) is 1.85. The Balaban J connectivity index is 4.17. The molecule has 0 aliphatic rings. The summed E-state index contributed by atoms with van der Waals surface area (Å²) in [5.41, 5.74) is 0. The van der Waals surface area contributed by atoms with E-state index < -0.39 is 43.7 Å². The van der Waals surface area contributed by atoms with Gasteiger partial charge in [-0.25, -0.2) is 4.79 Å². The van der Waals surface area contributed by atoms with Crippen molar-refractivity contribution in [3.05, 3.63) is 0 Å². The number of halogens is 3. The van der Waals surface area contributed by atoms with Crippen molar-refractivity contribution in [1.82, 2.24) is 10.2 Å². The number of carboxylic acids is 2. The number of rotatable bonds is 7. The summed E-state index contributed by atoms with van der Waals surface area (Å²) in [5, 5.41) is 18.9. The van der Waals surface area contributed by atoms with Gasteiger partial charge in [-0.1, -0.05) is 0 Å². The SMILES string of the molecule is O=C(O)CN(CC(=O)O)C(=O)NCCCC(F)(F)F. The van der Waals surface area contributed by atoms with Gasteiger partial charge in [0.25, 0.3) is 0 Å². The molecule has 0 bridgehead atoms. The number of amides is 2. The summed E-state index contributed by atoms with van der Waals surface area (Å²) in [6.07, 6.45) is -5.80. The number of nitrogens with zero attached hydrogens (tertiary/aromatic N) is 1. The second-order valence-corrected chi connectivity index (χ2v) is 3.59. The number of hydrogen-bond acceptors (Lipinski definition) is 3. The van der Waals surface area contributed by atoms with E-state index in [0.29, 0.717) is 4.90 Å². The molecule has 0 saturated carbocycles. The second kappa shape index (κ2) is 7.44. The summed E-state index contributed by atoms with van der Waals surface area (Å²) in [5.74, 6) is -2.85. The number of carbonyl (C=O) groups is 3. The van der Waals surface area contributed by atoms with Crippen LogP contribution >= 0.6 is 0 Å². The molecular weight excluding hydrogens is 273 g/mol. The Morgan fingerprint density at radius 2 is 1.53 bits per heavy atom.